The summed E-state index contributed by atoms with van der Waals surface area (Å²) in [6.07, 6.45) is 49.8. The first kappa shape index (κ1) is 69.4. The molecule has 0 aromatic rings. The van der Waals surface area contributed by atoms with E-state index in [0.29, 0.717) is 19.3 Å². The fourth-order valence-corrected chi connectivity index (χ4v) is 9.12. The molecule has 0 aliphatic carbocycles. The highest BCUT2D eigenvalue weighted by Gasteiger charge is 2.44. The van der Waals surface area contributed by atoms with Gasteiger partial charge in [0.2, 0.25) is 11.2 Å². The van der Waals surface area contributed by atoms with E-state index in [2.05, 4.69) is 32.9 Å². The average Bonchev–Trinajstić information content (AvgIpc) is 3.37. The molecular formula is C62H114O10. The van der Waals surface area contributed by atoms with E-state index in [1.165, 1.54) is 154 Å². The quantitative estimate of drug-likeness (QED) is 0.0198. The molecule has 0 spiro atoms. The van der Waals surface area contributed by atoms with Gasteiger partial charge in [0.15, 0.2) is 11.6 Å². The number of ether oxygens (including phenoxy) is 3. The van der Waals surface area contributed by atoms with E-state index in [1.54, 1.807) is 6.92 Å². The predicted octanol–water partition coefficient (Wildman–Crippen LogP) is 16.7. The van der Waals surface area contributed by atoms with Gasteiger partial charge in [0.1, 0.15) is 19.8 Å². The van der Waals surface area contributed by atoms with Gasteiger partial charge in [-0.05, 0) is 65.2 Å². The van der Waals surface area contributed by atoms with Crippen LogP contribution in [0.5, 0.6) is 0 Å². The molecule has 10 heteroatoms. The van der Waals surface area contributed by atoms with Crippen LogP contribution in [-0.4, -0.2) is 70.7 Å². The van der Waals surface area contributed by atoms with Crippen LogP contribution in [0.25, 0.3) is 0 Å². The van der Waals surface area contributed by atoms with Gasteiger partial charge in [-0.2, -0.15) is 0 Å². The number of hydrogen-bond acceptors (Lipinski definition) is 10. The minimum atomic E-state index is -2.39. The molecule has 0 bridgehead atoms. The lowest BCUT2D eigenvalue weighted by Gasteiger charge is -2.33. The number of Topliss-reactive ketones (excluding diaryl/α,β-unsaturated/α-hetero) is 2. The molecular weight excluding hydrogens is 905 g/mol. The van der Waals surface area contributed by atoms with Crippen LogP contribution in [-0.2, 0) is 38.2 Å². The second-order valence-electron chi connectivity index (χ2n) is 22.0. The first-order chi connectivity index (χ1) is 34.7. The number of allylic oxidation sites excluding steroid dienone is 2. The molecule has 0 aliphatic heterocycles. The van der Waals surface area contributed by atoms with Crippen molar-refractivity contribution in [3.8, 4) is 0 Å². The maximum Gasteiger partial charge on any atom is 0.345 e. The normalized spacial score (nSPS) is 14.2. The summed E-state index contributed by atoms with van der Waals surface area (Å²) in [4.78, 5) is 66.0. The van der Waals surface area contributed by atoms with Crippen molar-refractivity contribution in [2.75, 3.05) is 19.8 Å². The van der Waals surface area contributed by atoms with E-state index < -0.39 is 59.3 Å². The summed E-state index contributed by atoms with van der Waals surface area (Å²) in [6, 6.07) is 0. The molecule has 0 fully saturated rings. The Balaban J connectivity index is 5.19. The third-order valence-corrected chi connectivity index (χ3v) is 14.8. The number of hydrogen-bond donors (Lipinski definition) is 2. The minimum Gasteiger partial charge on any atom is -0.465 e. The lowest BCUT2D eigenvalue weighted by molar-refractivity contribution is -0.180. The minimum absolute atomic E-state index is 0.0345. The molecule has 0 saturated carbocycles. The molecule has 10 nitrogen and oxygen atoms in total. The molecule has 0 radical (unpaired) electrons. The SMILES string of the molecule is CCCCCCCCC=CCCCCCCCC(=O)OCC(CC)(COC(=O)C(C)(O)C(=O)CCCCCCCCCCCCCCC)COC(=O)C(C)(O)C(=O)CCCCCCCCCCCCCCC. The van der Waals surface area contributed by atoms with Crippen molar-refractivity contribution in [1.82, 2.24) is 0 Å². The Hall–Kier alpha value is -2.59. The summed E-state index contributed by atoms with van der Waals surface area (Å²) in [5.41, 5.74) is -6.05. The van der Waals surface area contributed by atoms with Crippen LogP contribution in [0.3, 0.4) is 0 Å². The van der Waals surface area contributed by atoms with Gasteiger partial charge in [0, 0.05) is 19.3 Å². The van der Waals surface area contributed by atoms with Crippen molar-refractivity contribution >= 4 is 29.5 Å². The van der Waals surface area contributed by atoms with Crippen molar-refractivity contribution in [3.05, 3.63) is 12.2 Å². The summed E-state index contributed by atoms with van der Waals surface area (Å²) in [7, 11) is 0. The highest BCUT2D eigenvalue weighted by molar-refractivity contribution is 6.07. The van der Waals surface area contributed by atoms with Crippen molar-refractivity contribution in [2.45, 2.75) is 329 Å². The standard InChI is InChI=1S/C62H114O10/c1-7-11-14-17-20-23-26-29-30-33-36-39-42-45-48-51-57(65)70-52-62(10-4,53-71-58(66)60(5,68)55(63)49-46-43-40-37-34-31-27-24-21-18-15-12-8-2)54-72-59(67)61(6,69)56(64)50-47-44-41-38-35-32-28-25-22-19-16-13-9-3/h29-30,68-69H,7-28,31-54H2,1-6H3. The Labute approximate surface area is 442 Å². The van der Waals surface area contributed by atoms with Gasteiger partial charge in [-0.25, -0.2) is 9.59 Å². The molecule has 0 aliphatic rings. The maximum absolute atomic E-state index is 13.4. The summed E-state index contributed by atoms with van der Waals surface area (Å²) in [6.45, 7) is 9.60. The smallest absolute Gasteiger partial charge is 0.345 e. The third kappa shape index (κ3) is 37.2. The second-order valence-corrected chi connectivity index (χ2v) is 22.0. The van der Waals surface area contributed by atoms with Gasteiger partial charge in [0.05, 0.1) is 5.41 Å². The predicted molar refractivity (Wildman–Crippen MR) is 297 cm³/mol. The van der Waals surface area contributed by atoms with Gasteiger partial charge in [-0.3, -0.25) is 14.4 Å². The largest absolute Gasteiger partial charge is 0.465 e. The van der Waals surface area contributed by atoms with E-state index in [9.17, 15) is 34.2 Å². The number of aliphatic hydroxyl groups is 2. The van der Waals surface area contributed by atoms with Gasteiger partial charge < -0.3 is 24.4 Å². The molecule has 2 atom stereocenters. The highest BCUT2D eigenvalue weighted by Crippen LogP contribution is 2.28. The highest BCUT2D eigenvalue weighted by atomic mass is 16.6. The van der Waals surface area contributed by atoms with Gasteiger partial charge in [0.25, 0.3) is 0 Å². The number of esters is 3. The zero-order valence-electron chi connectivity index (χ0n) is 47.8. The fraction of sp³-hybridized carbons (Fsp3) is 0.887. The Morgan fingerprint density at radius 2 is 0.597 bits per heavy atom. The third-order valence-electron chi connectivity index (χ3n) is 14.8. The van der Waals surface area contributed by atoms with Crippen LogP contribution < -0.4 is 0 Å². The Morgan fingerprint density at radius 3 is 0.889 bits per heavy atom. The number of carbonyl (C=O) groups excluding carboxylic acids is 5. The Kier molecular flexibility index (Phi) is 45.2. The van der Waals surface area contributed by atoms with Crippen LogP contribution in [0.15, 0.2) is 12.2 Å². The summed E-state index contributed by atoms with van der Waals surface area (Å²) < 4.78 is 16.9. The topological polar surface area (TPSA) is 154 Å². The Bertz CT molecular complexity index is 1300. The molecule has 0 heterocycles. The molecule has 72 heavy (non-hydrogen) atoms. The van der Waals surface area contributed by atoms with E-state index in [-0.39, 0.29) is 32.3 Å². The van der Waals surface area contributed by atoms with Crippen LogP contribution in [0.1, 0.15) is 318 Å². The lowest BCUT2D eigenvalue weighted by atomic mass is 9.87. The first-order valence-electron chi connectivity index (χ1n) is 30.4. The van der Waals surface area contributed by atoms with Crippen LogP contribution in [0.2, 0.25) is 0 Å². The van der Waals surface area contributed by atoms with Crippen LogP contribution in [0.4, 0.5) is 0 Å². The summed E-state index contributed by atoms with van der Waals surface area (Å²) >= 11 is 0. The van der Waals surface area contributed by atoms with Crippen LogP contribution in [0, 0.1) is 5.41 Å². The zero-order valence-corrected chi connectivity index (χ0v) is 47.8. The molecule has 0 aromatic carbocycles. The van der Waals surface area contributed by atoms with E-state index in [4.69, 9.17) is 14.2 Å². The van der Waals surface area contributed by atoms with E-state index in [1.807, 2.05) is 0 Å². The first-order valence-corrected chi connectivity index (χ1v) is 30.4. The number of unbranched alkanes of at least 4 members (excludes halogenated alkanes) is 35. The van der Waals surface area contributed by atoms with Gasteiger partial charge >= 0.3 is 17.9 Å². The Morgan fingerprint density at radius 1 is 0.347 bits per heavy atom. The van der Waals surface area contributed by atoms with Gasteiger partial charge in [-0.15, -0.1) is 0 Å². The maximum atomic E-state index is 13.4. The van der Waals surface area contributed by atoms with Crippen molar-refractivity contribution < 1.29 is 48.4 Å². The summed E-state index contributed by atoms with van der Waals surface area (Å²) in [5.74, 6) is -3.97. The molecule has 422 valence electrons. The summed E-state index contributed by atoms with van der Waals surface area (Å²) in [5, 5.41) is 22.2. The molecule has 0 rings (SSSR count). The molecule has 0 amide bonds. The number of rotatable bonds is 54. The molecule has 0 aromatic heterocycles. The zero-order chi connectivity index (χ0) is 53.4. The van der Waals surface area contributed by atoms with Crippen LogP contribution >= 0.6 is 0 Å². The molecule has 2 unspecified atom stereocenters. The van der Waals surface area contributed by atoms with E-state index >= 15 is 0 Å². The monoisotopic (exact) mass is 1020 g/mol. The molecule has 2 N–H and O–H groups in total. The average molecular weight is 1020 g/mol. The fourth-order valence-electron chi connectivity index (χ4n) is 9.12. The van der Waals surface area contributed by atoms with Gasteiger partial charge in [-0.1, -0.05) is 245 Å². The number of ketones is 2. The van der Waals surface area contributed by atoms with Crippen molar-refractivity contribution in [3.63, 3.8) is 0 Å². The van der Waals surface area contributed by atoms with Crippen molar-refractivity contribution in [1.29, 1.82) is 0 Å². The lowest BCUT2D eigenvalue weighted by Crippen LogP contribution is -2.49. The van der Waals surface area contributed by atoms with Crippen molar-refractivity contribution in [2.24, 2.45) is 5.41 Å². The molecule has 0 saturated heterocycles. The van der Waals surface area contributed by atoms with E-state index in [0.717, 1.165) is 90.9 Å². The second kappa shape index (κ2) is 46.9. The number of carbonyl (C=O) groups is 5.